The molecule has 0 unspecified atom stereocenters. The zero-order valence-corrected chi connectivity index (χ0v) is 10.2. The third kappa shape index (κ3) is 3.24. The van der Waals surface area contributed by atoms with E-state index in [0.29, 0.717) is 10.6 Å². The summed E-state index contributed by atoms with van der Waals surface area (Å²) in [5.74, 6) is -0.852. The van der Waals surface area contributed by atoms with Gasteiger partial charge in [-0.15, -0.1) is 6.58 Å². The molecule has 0 spiro atoms. The van der Waals surface area contributed by atoms with Gasteiger partial charge < -0.3 is 4.74 Å². The molecule has 0 aliphatic carbocycles. The number of pyridine rings is 1. The minimum atomic E-state index is -4.77. The third-order valence-corrected chi connectivity index (χ3v) is 2.28. The van der Waals surface area contributed by atoms with E-state index >= 15 is 0 Å². The van der Waals surface area contributed by atoms with Crippen molar-refractivity contribution in [3.63, 3.8) is 0 Å². The van der Waals surface area contributed by atoms with Crippen molar-refractivity contribution >= 4 is 5.97 Å². The Morgan fingerprint density at radius 1 is 1.47 bits per heavy atom. The van der Waals surface area contributed by atoms with Crippen LogP contribution in [0.1, 0.15) is 23.0 Å². The summed E-state index contributed by atoms with van der Waals surface area (Å²) in [5, 5.41) is 0. The van der Waals surface area contributed by atoms with Gasteiger partial charge in [-0.3, -0.25) is 9.36 Å². The predicted octanol–water partition coefficient (Wildman–Crippen LogP) is 2.23. The summed E-state index contributed by atoms with van der Waals surface area (Å²) in [6.45, 7) is 4.74. The number of allylic oxidation sites excluding steroid dienone is 1. The molecule has 0 saturated carbocycles. The van der Waals surface area contributed by atoms with Crippen LogP contribution in [0, 0.1) is 0 Å². The molecule has 0 fully saturated rings. The molecule has 1 rings (SSSR count). The molecular formula is C12H12F3NO3. The van der Waals surface area contributed by atoms with Crippen LogP contribution in [0.3, 0.4) is 0 Å². The molecule has 0 radical (unpaired) electrons. The average Bonchev–Trinajstić information content (AvgIpc) is 2.30. The average molecular weight is 275 g/mol. The number of carbonyl (C=O) groups is 1. The van der Waals surface area contributed by atoms with E-state index in [1.54, 1.807) is 6.92 Å². The molecule has 0 aliphatic heterocycles. The van der Waals surface area contributed by atoms with E-state index < -0.39 is 23.3 Å². The van der Waals surface area contributed by atoms with Crippen molar-refractivity contribution in [3.05, 3.63) is 46.4 Å². The summed E-state index contributed by atoms with van der Waals surface area (Å²) in [4.78, 5) is 23.3. The van der Waals surface area contributed by atoms with Gasteiger partial charge in [0.1, 0.15) is 11.3 Å². The normalized spacial score (nSPS) is 11.2. The summed E-state index contributed by atoms with van der Waals surface area (Å²) in [7, 11) is 0. The van der Waals surface area contributed by atoms with Crippen LogP contribution in [-0.4, -0.2) is 17.1 Å². The molecule has 7 heteroatoms. The number of rotatable bonds is 4. The molecule has 0 saturated heterocycles. The van der Waals surface area contributed by atoms with Crippen LogP contribution in [0.4, 0.5) is 13.2 Å². The molecule has 0 aromatic carbocycles. The fourth-order valence-electron chi connectivity index (χ4n) is 1.49. The maximum absolute atomic E-state index is 12.6. The zero-order chi connectivity index (χ0) is 14.6. The number of aromatic nitrogens is 1. The first-order chi connectivity index (χ1) is 8.82. The Morgan fingerprint density at radius 3 is 2.58 bits per heavy atom. The second-order valence-electron chi connectivity index (χ2n) is 3.55. The molecule has 0 N–H and O–H groups in total. The van der Waals surface area contributed by atoms with Gasteiger partial charge >= 0.3 is 12.1 Å². The summed E-state index contributed by atoms with van der Waals surface area (Å²) in [6, 6.07) is 1.50. The fraction of sp³-hybridized carbons (Fsp3) is 0.333. The van der Waals surface area contributed by atoms with E-state index in [1.807, 2.05) is 0 Å². The van der Waals surface area contributed by atoms with Crippen LogP contribution in [0.15, 0.2) is 29.6 Å². The summed E-state index contributed by atoms with van der Waals surface area (Å²) >= 11 is 0. The van der Waals surface area contributed by atoms with Crippen molar-refractivity contribution in [3.8, 4) is 0 Å². The van der Waals surface area contributed by atoms with Gasteiger partial charge in [-0.1, -0.05) is 6.08 Å². The van der Waals surface area contributed by atoms with Gasteiger partial charge in [0, 0.05) is 6.54 Å². The molecule has 104 valence electrons. The highest BCUT2D eigenvalue weighted by Gasteiger charge is 2.35. The van der Waals surface area contributed by atoms with E-state index in [1.165, 1.54) is 6.08 Å². The second-order valence-corrected chi connectivity index (χ2v) is 3.55. The van der Waals surface area contributed by atoms with Crippen molar-refractivity contribution in [1.82, 2.24) is 4.57 Å². The van der Waals surface area contributed by atoms with Crippen LogP contribution in [0.5, 0.6) is 0 Å². The Kier molecular flexibility index (Phi) is 4.52. The summed E-state index contributed by atoms with van der Waals surface area (Å²) in [6.07, 6.45) is -3.54. The monoisotopic (exact) mass is 275 g/mol. The Morgan fingerprint density at radius 2 is 2.11 bits per heavy atom. The van der Waals surface area contributed by atoms with Crippen LogP contribution in [0.25, 0.3) is 0 Å². The van der Waals surface area contributed by atoms with E-state index in [2.05, 4.69) is 11.3 Å². The fourth-order valence-corrected chi connectivity index (χ4v) is 1.49. The lowest BCUT2D eigenvalue weighted by Crippen LogP contribution is -2.32. The van der Waals surface area contributed by atoms with Gasteiger partial charge in [-0.05, 0) is 19.1 Å². The Hall–Kier alpha value is -2.05. The zero-order valence-electron chi connectivity index (χ0n) is 10.2. The Labute approximate surface area is 107 Å². The largest absolute Gasteiger partial charge is 0.461 e. The lowest BCUT2D eigenvalue weighted by molar-refractivity contribution is -0.139. The molecule has 0 atom stereocenters. The van der Waals surface area contributed by atoms with E-state index in [4.69, 9.17) is 0 Å². The number of nitrogens with zero attached hydrogens (tertiary/aromatic N) is 1. The second kappa shape index (κ2) is 5.73. The van der Waals surface area contributed by atoms with E-state index in [-0.39, 0.29) is 18.8 Å². The van der Waals surface area contributed by atoms with Crippen molar-refractivity contribution < 1.29 is 22.7 Å². The Bertz CT molecular complexity index is 546. The molecular weight excluding hydrogens is 263 g/mol. The molecule has 1 aromatic rings. The van der Waals surface area contributed by atoms with Gasteiger partial charge in [0.05, 0.1) is 6.61 Å². The quantitative estimate of drug-likeness (QED) is 0.625. The number of alkyl halides is 3. The maximum atomic E-state index is 12.6. The van der Waals surface area contributed by atoms with Gasteiger partial charge in [0.15, 0.2) is 0 Å². The molecule has 0 aliphatic rings. The Balaban J connectivity index is 3.44. The number of hydrogen-bond acceptors (Lipinski definition) is 3. The molecule has 0 amide bonds. The molecule has 4 nitrogen and oxygen atoms in total. The van der Waals surface area contributed by atoms with E-state index in [9.17, 15) is 22.8 Å². The van der Waals surface area contributed by atoms with Crippen LogP contribution in [0.2, 0.25) is 0 Å². The van der Waals surface area contributed by atoms with Crippen molar-refractivity contribution in [2.45, 2.75) is 19.6 Å². The topological polar surface area (TPSA) is 48.3 Å². The molecule has 19 heavy (non-hydrogen) atoms. The predicted molar refractivity (Wildman–Crippen MR) is 61.9 cm³/mol. The van der Waals surface area contributed by atoms with Gasteiger partial charge in [0.2, 0.25) is 0 Å². The molecule has 0 bridgehead atoms. The van der Waals surface area contributed by atoms with Gasteiger partial charge in [-0.2, -0.15) is 13.2 Å². The first kappa shape index (κ1) is 15.0. The lowest BCUT2D eigenvalue weighted by atomic mass is 10.2. The number of halogens is 3. The number of ether oxygens (including phenoxy) is 1. The number of hydrogen-bond donors (Lipinski definition) is 0. The van der Waals surface area contributed by atoms with Crippen LogP contribution in [-0.2, 0) is 17.5 Å². The highest BCUT2D eigenvalue weighted by atomic mass is 19.4. The third-order valence-electron chi connectivity index (χ3n) is 2.28. The van der Waals surface area contributed by atoms with Gasteiger partial charge in [0.25, 0.3) is 5.56 Å². The number of esters is 1. The minimum Gasteiger partial charge on any atom is -0.461 e. The smallest absolute Gasteiger partial charge is 0.421 e. The maximum Gasteiger partial charge on any atom is 0.421 e. The molecule has 1 aromatic heterocycles. The van der Waals surface area contributed by atoms with Crippen molar-refractivity contribution in [1.29, 1.82) is 0 Å². The lowest BCUT2D eigenvalue weighted by Gasteiger charge is -2.13. The summed E-state index contributed by atoms with van der Waals surface area (Å²) in [5.41, 5.74) is -2.86. The standard InChI is InChI=1S/C12H12F3NO3/c1-3-7-16-9(11(18)19-4-2)6-5-8(10(16)17)12(13,14)15/h3,5-6H,1,4,7H2,2H3. The number of carbonyl (C=O) groups excluding carboxylic acids is 1. The SMILES string of the molecule is C=CCn1c(C(=O)OCC)ccc(C(F)(F)F)c1=O. The van der Waals surface area contributed by atoms with Crippen LogP contribution < -0.4 is 5.56 Å². The highest BCUT2D eigenvalue weighted by Crippen LogP contribution is 2.26. The molecule has 1 heterocycles. The van der Waals surface area contributed by atoms with E-state index in [0.717, 1.165) is 6.07 Å². The minimum absolute atomic E-state index is 0.0577. The summed E-state index contributed by atoms with van der Waals surface area (Å²) < 4.78 is 43.2. The van der Waals surface area contributed by atoms with Gasteiger partial charge in [-0.25, -0.2) is 4.79 Å². The first-order valence-corrected chi connectivity index (χ1v) is 5.42. The van der Waals surface area contributed by atoms with Crippen molar-refractivity contribution in [2.24, 2.45) is 0 Å². The first-order valence-electron chi connectivity index (χ1n) is 5.42. The van der Waals surface area contributed by atoms with Crippen molar-refractivity contribution in [2.75, 3.05) is 6.61 Å². The highest BCUT2D eigenvalue weighted by molar-refractivity contribution is 5.87. The van der Waals surface area contributed by atoms with Crippen LogP contribution >= 0.6 is 0 Å².